The third-order valence-electron chi connectivity index (χ3n) is 3.83. The van der Waals surface area contributed by atoms with Crippen molar-refractivity contribution >= 4 is 13.4 Å². The van der Waals surface area contributed by atoms with E-state index in [0.717, 1.165) is 12.8 Å². The molecule has 0 N–H and O–H groups in total. The minimum Gasteiger partial charge on any atom is -0.309 e. The Bertz CT molecular complexity index is 321. The molecule has 0 saturated carbocycles. The number of carbonyl (C=O) groups excluding carboxylic acids is 1. The first-order valence-electron chi connectivity index (χ1n) is 9.47. The summed E-state index contributed by atoms with van der Waals surface area (Å²) in [5.41, 5.74) is 0. The van der Waals surface area contributed by atoms with Crippen LogP contribution in [-0.2, 0) is 18.4 Å². The highest BCUT2D eigenvalue weighted by atomic mass is 31.2. The van der Waals surface area contributed by atoms with E-state index in [9.17, 15) is 9.36 Å². The van der Waals surface area contributed by atoms with Crippen molar-refractivity contribution in [1.29, 1.82) is 0 Å². The molecular weight excluding hydrogens is 311 g/mol. The Balaban J connectivity index is 3.61. The molecule has 4 nitrogen and oxygen atoms in total. The van der Waals surface area contributed by atoms with E-state index < -0.39 is 7.60 Å². The monoisotopic (exact) mass is 348 g/mol. The van der Waals surface area contributed by atoms with Gasteiger partial charge in [-0.25, -0.2) is 0 Å². The van der Waals surface area contributed by atoms with Gasteiger partial charge in [-0.3, -0.25) is 9.36 Å². The summed E-state index contributed by atoms with van der Waals surface area (Å²) in [5, 5.41) is 0. The smallest absolute Gasteiger partial charge is 0.309 e. The maximum atomic E-state index is 12.2. The van der Waals surface area contributed by atoms with E-state index in [1.54, 1.807) is 13.8 Å². The fraction of sp³-hybridized carbons (Fsp3) is 0.944. The lowest BCUT2D eigenvalue weighted by molar-refractivity contribution is -0.117. The summed E-state index contributed by atoms with van der Waals surface area (Å²) in [7, 11) is -3.20. The molecule has 0 bridgehead atoms. The van der Waals surface area contributed by atoms with Crippen LogP contribution in [0.2, 0.25) is 0 Å². The Hall–Kier alpha value is -0.180. The van der Waals surface area contributed by atoms with Crippen LogP contribution in [0.3, 0.4) is 0 Å². The highest BCUT2D eigenvalue weighted by Crippen LogP contribution is 2.48. The van der Waals surface area contributed by atoms with E-state index in [0.29, 0.717) is 19.6 Å². The Morgan fingerprint density at radius 1 is 0.739 bits per heavy atom. The largest absolute Gasteiger partial charge is 0.338 e. The summed E-state index contributed by atoms with van der Waals surface area (Å²) in [5.74, 6) is -0.00482. The SMILES string of the molecule is CCCCCCCCCCCCC(=O)CP(=O)(OCC)OCC. The lowest BCUT2D eigenvalue weighted by Crippen LogP contribution is -2.09. The van der Waals surface area contributed by atoms with Gasteiger partial charge < -0.3 is 9.05 Å². The van der Waals surface area contributed by atoms with Crippen LogP contribution in [0.5, 0.6) is 0 Å². The Morgan fingerprint density at radius 3 is 1.61 bits per heavy atom. The summed E-state index contributed by atoms with van der Waals surface area (Å²) in [6.07, 6.45) is 12.8. The number of ketones is 1. The molecule has 23 heavy (non-hydrogen) atoms. The second-order valence-corrected chi connectivity index (χ2v) is 8.13. The van der Waals surface area contributed by atoms with Crippen molar-refractivity contribution in [3.63, 3.8) is 0 Å². The van der Waals surface area contributed by atoms with E-state index in [4.69, 9.17) is 9.05 Å². The first-order chi connectivity index (χ1) is 11.1. The molecule has 0 atom stereocenters. The van der Waals surface area contributed by atoms with Crippen LogP contribution in [0.15, 0.2) is 0 Å². The molecule has 5 heteroatoms. The number of carbonyl (C=O) groups is 1. The van der Waals surface area contributed by atoms with Crippen molar-refractivity contribution in [2.45, 2.75) is 91.4 Å². The Labute approximate surface area is 143 Å². The first-order valence-corrected chi connectivity index (χ1v) is 11.2. The summed E-state index contributed by atoms with van der Waals surface area (Å²) < 4.78 is 22.5. The van der Waals surface area contributed by atoms with Gasteiger partial charge in [0.2, 0.25) is 0 Å². The molecule has 0 aliphatic carbocycles. The summed E-state index contributed by atoms with van der Waals surface area (Å²) in [6, 6.07) is 0. The van der Waals surface area contributed by atoms with Crippen molar-refractivity contribution < 1.29 is 18.4 Å². The zero-order valence-electron chi connectivity index (χ0n) is 15.5. The third kappa shape index (κ3) is 13.9. The van der Waals surface area contributed by atoms with E-state index in [2.05, 4.69) is 6.92 Å². The molecule has 0 radical (unpaired) electrons. The second-order valence-electron chi connectivity index (χ2n) is 6.08. The van der Waals surface area contributed by atoms with Crippen molar-refractivity contribution in [1.82, 2.24) is 0 Å². The number of hydrogen-bond donors (Lipinski definition) is 0. The van der Waals surface area contributed by atoms with Crippen molar-refractivity contribution in [3.05, 3.63) is 0 Å². The van der Waals surface area contributed by atoms with Crippen LogP contribution in [0, 0.1) is 0 Å². The van der Waals surface area contributed by atoms with Gasteiger partial charge in [-0.2, -0.15) is 0 Å². The zero-order chi connectivity index (χ0) is 17.4. The minimum absolute atomic E-state index is 0.00482. The molecule has 0 aliphatic heterocycles. The van der Waals surface area contributed by atoms with E-state index >= 15 is 0 Å². The summed E-state index contributed by atoms with van der Waals surface area (Å²) in [6.45, 7) is 6.38. The zero-order valence-corrected chi connectivity index (χ0v) is 16.4. The van der Waals surface area contributed by atoms with Gasteiger partial charge in [0.05, 0.1) is 13.2 Å². The lowest BCUT2D eigenvalue weighted by Gasteiger charge is -2.16. The molecule has 0 aliphatic rings. The molecule has 0 spiro atoms. The molecule has 0 rings (SSSR count). The third-order valence-corrected chi connectivity index (χ3v) is 5.87. The van der Waals surface area contributed by atoms with Crippen molar-refractivity contribution in [2.24, 2.45) is 0 Å². The van der Waals surface area contributed by atoms with Gasteiger partial charge in [-0.15, -0.1) is 0 Å². The van der Waals surface area contributed by atoms with E-state index in [1.807, 2.05) is 0 Å². The summed E-state index contributed by atoms with van der Waals surface area (Å²) >= 11 is 0. The second kappa shape index (κ2) is 15.4. The van der Waals surface area contributed by atoms with E-state index in [1.165, 1.54) is 51.4 Å². The van der Waals surface area contributed by atoms with Crippen molar-refractivity contribution in [2.75, 3.05) is 19.4 Å². The molecule has 0 unspecified atom stereocenters. The number of unbranched alkanes of at least 4 members (excludes halogenated alkanes) is 9. The first kappa shape index (κ1) is 22.8. The highest BCUT2D eigenvalue weighted by Gasteiger charge is 2.26. The molecule has 0 heterocycles. The van der Waals surface area contributed by atoms with Gasteiger partial charge in [-0.1, -0.05) is 64.7 Å². The van der Waals surface area contributed by atoms with Gasteiger partial charge in [0.25, 0.3) is 0 Å². The predicted octanol–water partition coefficient (Wildman–Crippen LogP) is 6.13. The van der Waals surface area contributed by atoms with Gasteiger partial charge in [0, 0.05) is 6.42 Å². The van der Waals surface area contributed by atoms with Crippen LogP contribution in [0.25, 0.3) is 0 Å². The van der Waals surface area contributed by atoms with Crippen LogP contribution < -0.4 is 0 Å². The van der Waals surface area contributed by atoms with Crippen LogP contribution in [0.4, 0.5) is 0 Å². The minimum atomic E-state index is -3.20. The fourth-order valence-corrected chi connectivity index (χ4v) is 4.26. The van der Waals surface area contributed by atoms with Crippen molar-refractivity contribution in [3.8, 4) is 0 Å². The average Bonchev–Trinajstić information content (AvgIpc) is 2.49. The Kier molecular flexibility index (Phi) is 15.2. The number of rotatable bonds is 17. The normalized spacial score (nSPS) is 11.8. The van der Waals surface area contributed by atoms with Gasteiger partial charge >= 0.3 is 7.60 Å². The van der Waals surface area contributed by atoms with Crippen LogP contribution in [0.1, 0.15) is 91.4 Å². The molecule has 0 aromatic rings. The van der Waals surface area contributed by atoms with Crippen LogP contribution >= 0.6 is 7.60 Å². The molecule has 0 aromatic heterocycles. The number of Topliss-reactive ketones (excluding diaryl/α,β-unsaturated/α-hetero) is 1. The molecule has 0 saturated heterocycles. The van der Waals surface area contributed by atoms with Gasteiger partial charge in [0.15, 0.2) is 0 Å². The molecule has 0 fully saturated rings. The average molecular weight is 348 g/mol. The molecule has 0 amide bonds. The highest BCUT2D eigenvalue weighted by molar-refractivity contribution is 7.54. The fourth-order valence-electron chi connectivity index (χ4n) is 2.63. The van der Waals surface area contributed by atoms with E-state index in [-0.39, 0.29) is 11.9 Å². The molecule has 0 aromatic carbocycles. The summed E-state index contributed by atoms with van der Waals surface area (Å²) in [4.78, 5) is 11.9. The topological polar surface area (TPSA) is 52.6 Å². The maximum absolute atomic E-state index is 12.2. The quantitative estimate of drug-likeness (QED) is 0.234. The standard InChI is InChI=1S/C18H37O4P/c1-4-7-8-9-10-11-12-13-14-15-16-18(19)17-23(20,21-5-2)22-6-3/h4-17H2,1-3H3. The maximum Gasteiger partial charge on any atom is 0.338 e. The number of hydrogen-bond acceptors (Lipinski definition) is 4. The predicted molar refractivity (Wildman–Crippen MR) is 97.2 cm³/mol. The molecule has 138 valence electrons. The lowest BCUT2D eigenvalue weighted by atomic mass is 10.1. The molecular formula is C18H37O4P. The van der Waals surface area contributed by atoms with Gasteiger partial charge in [0.1, 0.15) is 11.9 Å². The Morgan fingerprint density at radius 2 is 1.17 bits per heavy atom. The van der Waals surface area contributed by atoms with Gasteiger partial charge in [-0.05, 0) is 20.3 Å². The van der Waals surface area contributed by atoms with Crippen LogP contribution in [-0.4, -0.2) is 25.2 Å².